The average molecular weight is 207 g/mol. The van der Waals surface area contributed by atoms with Crippen LogP contribution in [-0.4, -0.2) is 17.8 Å². The Labute approximate surface area is 92.3 Å². The van der Waals surface area contributed by atoms with Crippen molar-refractivity contribution >= 4 is 0 Å². The number of aliphatic hydroxyl groups is 1. The van der Waals surface area contributed by atoms with Crippen molar-refractivity contribution in [2.75, 3.05) is 6.61 Å². The quantitative estimate of drug-likeness (QED) is 0.794. The number of rotatable bonds is 4. The molecule has 15 heavy (non-hydrogen) atoms. The van der Waals surface area contributed by atoms with Crippen LogP contribution < -0.4 is 5.32 Å². The Morgan fingerprint density at radius 1 is 1.27 bits per heavy atom. The van der Waals surface area contributed by atoms with Crippen LogP contribution in [0.15, 0.2) is 18.2 Å². The molecule has 0 radical (unpaired) electrons. The van der Waals surface area contributed by atoms with Gasteiger partial charge in [-0.25, -0.2) is 0 Å². The van der Waals surface area contributed by atoms with Gasteiger partial charge in [-0.15, -0.1) is 0 Å². The molecule has 0 saturated heterocycles. The van der Waals surface area contributed by atoms with Crippen LogP contribution in [0.25, 0.3) is 0 Å². The van der Waals surface area contributed by atoms with Gasteiger partial charge in [0.15, 0.2) is 0 Å². The highest BCUT2D eigenvalue weighted by molar-refractivity contribution is 5.35. The van der Waals surface area contributed by atoms with Crippen molar-refractivity contribution in [3.8, 4) is 0 Å². The predicted octanol–water partition coefficient (Wildman–Crippen LogP) is 2.33. The molecule has 0 aromatic heterocycles. The van der Waals surface area contributed by atoms with Crippen LogP contribution in [-0.2, 0) is 0 Å². The van der Waals surface area contributed by atoms with E-state index in [1.54, 1.807) is 0 Å². The maximum atomic E-state index is 8.99. The summed E-state index contributed by atoms with van der Waals surface area (Å²) in [5.41, 5.74) is 3.97. The van der Waals surface area contributed by atoms with Crippen molar-refractivity contribution < 1.29 is 5.11 Å². The SMILES string of the molecule is Cc1cccc(C(C)N[C@H](C)CO)c1C. The van der Waals surface area contributed by atoms with Gasteiger partial charge in [0.05, 0.1) is 6.61 Å². The number of nitrogens with one attached hydrogen (secondary N) is 1. The number of hydrogen-bond donors (Lipinski definition) is 2. The third-order valence-corrected chi connectivity index (χ3v) is 2.92. The Balaban J connectivity index is 2.82. The van der Waals surface area contributed by atoms with E-state index in [2.05, 4.69) is 44.3 Å². The fraction of sp³-hybridized carbons (Fsp3) is 0.538. The van der Waals surface area contributed by atoms with Crippen LogP contribution in [0.3, 0.4) is 0 Å². The molecule has 2 N–H and O–H groups in total. The van der Waals surface area contributed by atoms with E-state index in [0.717, 1.165) is 0 Å². The molecule has 2 nitrogen and oxygen atoms in total. The summed E-state index contributed by atoms with van der Waals surface area (Å²) in [4.78, 5) is 0. The van der Waals surface area contributed by atoms with Crippen LogP contribution in [0.1, 0.15) is 36.6 Å². The molecule has 0 spiro atoms. The number of aliphatic hydroxyl groups excluding tert-OH is 1. The molecule has 0 aliphatic heterocycles. The van der Waals surface area contributed by atoms with E-state index in [1.165, 1.54) is 16.7 Å². The summed E-state index contributed by atoms with van der Waals surface area (Å²) in [6, 6.07) is 6.77. The molecule has 0 fully saturated rings. The van der Waals surface area contributed by atoms with Gasteiger partial charge in [0.1, 0.15) is 0 Å². The largest absolute Gasteiger partial charge is 0.395 e. The van der Waals surface area contributed by atoms with E-state index in [-0.39, 0.29) is 18.7 Å². The lowest BCUT2D eigenvalue weighted by atomic mass is 9.98. The Bertz CT molecular complexity index is 322. The maximum absolute atomic E-state index is 8.99. The fourth-order valence-electron chi connectivity index (χ4n) is 1.81. The van der Waals surface area contributed by atoms with Crippen molar-refractivity contribution in [1.82, 2.24) is 5.32 Å². The van der Waals surface area contributed by atoms with Crippen molar-refractivity contribution in [1.29, 1.82) is 0 Å². The zero-order chi connectivity index (χ0) is 11.4. The second kappa shape index (κ2) is 5.29. The summed E-state index contributed by atoms with van der Waals surface area (Å²) in [6.45, 7) is 8.57. The minimum Gasteiger partial charge on any atom is -0.395 e. The molecule has 0 heterocycles. The van der Waals surface area contributed by atoms with Gasteiger partial charge in [0.2, 0.25) is 0 Å². The summed E-state index contributed by atoms with van der Waals surface area (Å²) in [5, 5.41) is 12.4. The van der Waals surface area contributed by atoms with Gasteiger partial charge in [-0.2, -0.15) is 0 Å². The third kappa shape index (κ3) is 3.05. The highest BCUT2D eigenvalue weighted by atomic mass is 16.3. The molecule has 1 unspecified atom stereocenters. The Morgan fingerprint density at radius 2 is 1.93 bits per heavy atom. The molecule has 1 aromatic carbocycles. The van der Waals surface area contributed by atoms with Gasteiger partial charge >= 0.3 is 0 Å². The first-order chi connectivity index (χ1) is 7.06. The Hall–Kier alpha value is -0.860. The van der Waals surface area contributed by atoms with Crippen molar-refractivity contribution in [2.45, 2.75) is 39.8 Å². The molecular formula is C13H21NO. The Kier molecular flexibility index (Phi) is 4.30. The third-order valence-electron chi connectivity index (χ3n) is 2.92. The zero-order valence-electron chi connectivity index (χ0n) is 10.0. The topological polar surface area (TPSA) is 32.3 Å². The fourth-order valence-corrected chi connectivity index (χ4v) is 1.81. The first-order valence-corrected chi connectivity index (χ1v) is 5.49. The second-order valence-electron chi connectivity index (χ2n) is 4.26. The minimum absolute atomic E-state index is 0.139. The van der Waals surface area contributed by atoms with Crippen molar-refractivity contribution in [2.24, 2.45) is 0 Å². The second-order valence-corrected chi connectivity index (χ2v) is 4.26. The standard InChI is InChI=1S/C13H21NO/c1-9-6-5-7-13(11(9)3)12(4)14-10(2)8-15/h5-7,10,12,14-15H,8H2,1-4H3/t10-,12?/m1/s1. The summed E-state index contributed by atoms with van der Waals surface area (Å²) >= 11 is 0. The van der Waals surface area contributed by atoms with Gasteiger partial charge < -0.3 is 10.4 Å². The van der Waals surface area contributed by atoms with Gasteiger partial charge in [-0.1, -0.05) is 18.2 Å². The number of benzene rings is 1. The van der Waals surface area contributed by atoms with Gasteiger partial charge in [0.25, 0.3) is 0 Å². The minimum atomic E-state index is 0.139. The summed E-state index contributed by atoms with van der Waals surface area (Å²) < 4.78 is 0. The monoisotopic (exact) mass is 207 g/mol. The number of aryl methyl sites for hydroxylation is 1. The highest BCUT2D eigenvalue weighted by Gasteiger charge is 2.11. The molecule has 0 aliphatic rings. The molecule has 0 amide bonds. The molecule has 0 aliphatic carbocycles. The first kappa shape index (κ1) is 12.2. The van der Waals surface area contributed by atoms with E-state index < -0.39 is 0 Å². The summed E-state index contributed by atoms with van der Waals surface area (Å²) in [6.07, 6.45) is 0. The van der Waals surface area contributed by atoms with Crippen LogP contribution in [0.5, 0.6) is 0 Å². The van der Waals surface area contributed by atoms with E-state index in [4.69, 9.17) is 5.11 Å². The van der Waals surface area contributed by atoms with Gasteiger partial charge in [0, 0.05) is 12.1 Å². The lowest BCUT2D eigenvalue weighted by Crippen LogP contribution is -2.32. The summed E-state index contributed by atoms with van der Waals surface area (Å²) in [7, 11) is 0. The normalized spacial score (nSPS) is 15.0. The molecule has 84 valence electrons. The zero-order valence-corrected chi connectivity index (χ0v) is 10.0. The average Bonchev–Trinajstić information content (AvgIpc) is 2.21. The molecule has 2 atom stereocenters. The lowest BCUT2D eigenvalue weighted by molar-refractivity contribution is 0.243. The van der Waals surface area contributed by atoms with E-state index in [0.29, 0.717) is 0 Å². The molecule has 1 aromatic rings. The van der Waals surface area contributed by atoms with E-state index >= 15 is 0 Å². The number of hydrogen-bond acceptors (Lipinski definition) is 2. The van der Waals surface area contributed by atoms with Crippen molar-refractivity contribution in [3.63, 3.8) is 0 Å². The Morgan fingerprint density at radius 3 is 2.53 bits per heavy atom. The highest BCUT2D eigenvalue weighted by Crippen LogP contribution is 2.20. The summed E-state index contributed by atoms with van der Waals surface area (Å²) in [5.74, 6) is 0. The van der Waals surface area contributed by atoms with Crippen LogP contribution in [0.2, 0.25) is 0 Å². The molecular weight excluding hydrogens is 186 g/mol. The smallest absolute Gasteiger partial charge is 0.0582 e. The lowest BCUT2D eigenvalue weighted by Gasteiger charge is -2.21. The van der Waals surface area contributed by atoms with E-state index in [9.17, 15) is 0 Å². The molecule has 0 bridgehead atoms. The van der Waals surface area contributed by atoms with Gasteiger partial charge in [-0.05, 0) is 44.4 Å². The first-order valence-electron chi connectivity index (χ1n) is 5.49. The van der Waals surface area contributed by atoms with Crippen LogP contribution in [0, 0.1) is 13.8 Å². The van der Waals surface area contributed by atoms with Gasteiger partial charge in [-0.3, -0.25) is 0 Å². The molecule has 2 heteroatoms. The molecule has 1 rings (SSSR count). The van der Waals surface area contributed by atoms with Crippen LogP contribution in [0.4, 0.5) is 0 Å². The molecule has 0 saturated carbocycles. The van der Waals surface area contributed by atoms with E-state index in [1.807, 2.05) is 6.92 Å². The van der Waals surface area contributed by atoms with Crippen molar-refractivity contribution in [3.05, 3.63) is 34.9 Å². The van der Waals surface area contributed by atoms with Crippen LogP contribution >= 0.6 is 0 Å². The predicted molar refractivity (Wildman–Crippen MR) is 64.0 cm³/mol. The maximum Gasteiger partial charge on any atom is 0.0582 e.